The van der Waals surface area contributed by atoms with E-state index in [0.29, 0.717) is 12.5 Å². The first-order chi connectivity index (χ1) is 7.54. The molecule has 0 spiro atoms. The topological polar surface area (TPSA) is 61.3 Å². The van der Waals surface area contributed by atoms with Crippen LogP contribution in [0.1, 0.15) is 13.8 Å². The van der Waals surface area contributed by atoms with Crippen LogP contribution in [0.15, 0.2) is 10.7 Å². The van der Waals surface area contributed by atoms with Crippen LogP contribution in [0.25, 0.3) is 0 Å². The van der Waals surface area contributed by atoms with Gasteiger partial charge in [-0.1, -0.05) is 0 Å². The zero-order valence-corrected chi connectivity index (χ0v) is 11.3. The maximum Gasteiger partial charge on any atom is 0.224 e. The second kappa shape index (κ2) is 6.00. The van der Waals surface area contributed by atoms with Crippen LogP contribution in [0.2, 0.25) is 0 Å². The van der Waals surface area contributed by atoms with Crippen LogP contribution in [-0.2, 0) is 0 Å². The monoisotopic (exact) mass is 288 g/mol. The van der Waals surface area contributed by atoms with Crippen molar-refractivity contribution in [2.24, 2.45) is 0 Å². The van der Waals surface area contributed by atoms with E-state index in [4.69, 9.17) is 0 Å². The Bertz CT molecular complexity index is 346. The number of aromatic nitrogens is 2. The molecule has 0 saturated carbocycles. The molecule has 1 heterocycles. The van der Waals surface area contributed by atoms with E-state index < -0.39 is 6.10 Å². The van der Waals surface area contributed by atoms with Crippen LogP contribution in [0.5, 0.6) is 0 Å². The van der Waals surface area contributed by atoms with Crippen LogP contribution in [-0.4, -0.2) is 41.3 Å². The van der Waals surface area contributed by atoms with Gasteiger partial charge in [0.2, 0.25) is 5.95 Å². The average Bonchev–Trinajstić information content (AvgIpc) is 2.20. The number of likely N-dealkylation sites (N-methyl/N-ethyl adjacent to an activating group) is 1. The maximum absolute atomic E-state index is 9.33. The highest BCUT2D eigenvalue weighted by Gasteiger charge is 2.11. The van der Waals surface area contributed by atoms with Gasteiger partial charge < -0.3 is 15.3 Å². The molecule has 0 amide bonds. The fraction of sp³-hybridized carbons (Fsp3) is 0.600. The first-order valence-electron chi connectivity index (χ1n) is 5.20. The number of anilines is 2. The van der Waals surface area contributed by atoms with E-state index in [1.165, 1.54) is 0 Å². The molecule has 1 unspecified atom stereocenters. The van der Waals surface area contributed by atoms with E-state index in [9.17, 15) is 5.11 Å². The van der Waals surface area contributed by atoms with Crippen LogP contribution < -0.4 is 10.2 Å². The number of hydrogen-bond donors (Lipinski definition) is 2. The standard InChI is InChI=1S/C10H17BrN4O/c1-4-12-10-13-5-8(11)9(14-10)15(3)6-7(2)16/h5,7,16H,4,6H2,1-3H3,(H,12,13,14). The third kappa shape index (κ3) is 3.61. The third-order valence-electron chi connectivity index (χ3n) is 1.96. The van der Waals surface area contributed by atoms with Crippen molar-refractivity contribution in [3.63, 3.8) is 0 Å². The smallest absolute Gasteiger partial charge is 0.224 e. The summed E-state index contributed by atoms with van der Waals surface area (Å²) in [6, 6.07) is 0. The number of nitrogens with zero attached hydrogens (tertiary/aromatic N) is 3. The zero-order chi connectivity index (χ0) is 12.1. The molecule has 0 saturated heterocycles. The summed E-state index contributed by atoms with van der Waals surface area (Å²) in [6.07, 6.45) is 1.31. The van der Waals surface area contributed by atoms with Crippen molar-refractivity contribution >= 4 is 27.7 Å². The Balaban J connectivity index is 2.88. The van der Waals surface area contributed by atoms with Gasteiger partial charge in [-0.3, -0.25) is 0 Å². The summed E-state index contributed by atoms with van der Waals surface area (Å²) >= 11 is 3.40. The molecule has 16 heavy (non-hydrogen) atoms. The maximum atomic E-state index is 9.33. The van der Waals surface area contributed by atoms with Crippen molar-refractivity contribution in [3.8, 4) is 0 Å². The lowest BCUT2D eigenvalue weighted by molar-refractivity contribution is 0.201. The van der Waals surface area contributed by atoms with Gasteiger partial charge in [-0.15, -0.1) is 0 Å². The molecule has 0 aliphatic heterocycles. The van der Waals surface area contributed by atoms with E-state index in [-0.39, 0.29) is 0 Å². The highest BCUT2D eigenvalue weighted by molar-refractivity contribution is 9.10. The molecule has 5 nitrogen and oxygen atoms in total. The minimum atomic E-state index is -0.394. The fourth-order valence-corrected chi connectivity index (χ4v) is 1.85. The molecule has 2 N–H and O–H groups in total. The molecule has 0 bridgehead atoms. The normalized spacial score (nSPS) is 12.3. The minimum absolute atomic E-state index is 0.394. The Morgan fingerprint density at radius 2 is 2.31 bits per heavy atom. The van der Waals surface area contributed by atoms with Crippen LogP contribution in [0.4, 0.5) is 11.8 Å². The fourth-order valence-electron chi connectivity index (χ4n) is 1.35. The Labute approximate surface area is 104 Å². The van der Waals surface area contributed by atoms with Gasteiger partial charge in [-0.25, -0.2) is 4.98 Å². The number of aliphatic hydroxyl groups excluding tert-OH is 1. The van der Waals surface area contributed by atoms with Gasteiger partial charge in [-0.05, 0) is 29.8 Å². The highest BCUT2D eigenvalue weighted by atomic mass is 79.9. The molecule has 0 aliphatic rings. The lowest BCUT2D eigenvalue weighted by Gasteiger charge is -2.21. The molecule has 1 aromatic rings. The predicted octanol–water partition coefficient (Wildman–Crippen LogP) is 1.49. The van der Waals surface area contributed by atoms with E-state index in [0.717, 1.165) is 16.8 Å². The zero-order valence-electron chi connectivity index (χ0n) is 9.74. The Morgan fingerprint density at radius 1 is 1.62 bits per heavy atom. The van der Waals surface area contributed by atoms with Gasteiger partial charge in [0, 0.05) is 26.3 Å². The van der Waals surface area contributed by atoms with E-state index >= 15 is 0 Å². The average molecular weight is 289 g/mol. The van der Waals surface area contributed by atoms with Gasteiger partial charge in [0.05, 0.1) is 10.6 Å². The van der Waals surface area contributed by atoms with Gasteiger partial charge in [-0.2, -0.15) is 4.98 Å². The number of halogens is 1. The summed E-state index contributed by atoms with van der Waals surface area (Å²) in [5, 5.41) is 12.4. The lowest BCUT2D eigenvalue weighted by Crippen LogP contribution is -2.28. The highest BCUT2D eigenvalue weighted by Crippen LogP contribution is 2.23. The van der Waals surface area contributed by atoms with E-state index in [1.807, 2.05) is 18.9 Å². The van der Waals surface area contributed by atoms with Crippen LogP contribution >= 0.6 is 15.9 Å². The SMILES string of the molecule is CCNc1ncc(Br)c(N(C)CC(C)O)n1. The molecule has 0 aliphatic carbocycles. The Morgan fingerprint density at radius 3 is 2.88 bits per heavy atom. The molecular formula is C10H17BrN4O. The number of hydrogen-bond acceptors (Lipinski definition) is 5. The summed E-state index contributed by atoms with van der Waals surface area (Å²) < 4.78 is 0.817. The van der Waals surface area contributed by atoms with Crippen LogP contribution in [0.3, 0.4) is 0 Å². The summed E-state index contributed by atoms with van der Waals surface area (Å²) in [4.78, 5) is 10.4. The Hall–Kier alpha value is -0.880. The molecule has 0 radical (unpaired) electrons. The second-order valence-corrected chi connectivity index (χ2v) is 4.48. The number of nitrogens with one attached hydrogen (secondary N) is 1. The van der Waals surface area contributed by atoms with Gasteiger partial charge in [0.25, 0.3) is 0 Å². The van der Waals surface area contributed by atoms with Crippen molar-refractivity contribution in [1.29, 1.82) is 0 Å². The van der Waals surface area contributed by atoms with E-state index in [1.54, 1.807) is 13.1 Å². The molecule has 6 heteroatoms. The van der Waals surface area contributed by atoms with Crippen molar-refractivity contribution in [1.82, 2.24) is 9.97 Å². The van der Waals surface area contributed by atoms with E-state index in [2.05, 4.69) is 31.2 Å². The van der Waals surface area contributed by atoms with Crippen molar-refractivity contribution in [2.45, 2.75) is 20.0 Å². The molecule has 1 rings (SSSR count). The van der Waals surface area contributed by atoms with Crippen molar-refractivity contribution in [3.05, 3.63) is 10.7 Å². The molecular weight excluding hydrogens is 272 g/mol. The summed E-state index contributed by atoms with van der Waals surface area (Å²) in [7, 11) is 1.88. The summed E-state index contributed by atoms with van der Waals surface area (Å²) in [6.45, 7) is 5.05. The summed E-state index contributed by atoms with van der Waals surface area (Å²) in [5.41, 5.74) is 0. The second-order valence-electron chi connectivity index (χ2n) is 3.63. The number of rotatable bonds is 5. The predicted molar refractivity (Wildman–Crippen MR) is 68.8 cm³/mol. The van der Waals surface area contributed by atoms with Gasteiger partial charge >= 0.3 is 0 Å². The molecule has 1 aromatic heterocycles. The van der Waals surface area contributed by atoms with Gasteiger partial charge in [0.15, 0.2) is 0 Å². The quantitative estimate of drug-likeness (QED) is 0.860. The first-order valence-corrected chi connectivity index (χ1v) is 5.99. The Kier molecular flexibility index (Phi) is 4.95. The lowest BCUT2D eigenvalue weighted by atomic mass is 10.3. The molecule has 90 valence electrons. The molecule has 0 aromatic carbocycles. The third-order valence-corrected chi connectivity index (χ3v) is 2.52. The molecule has 1 atom stereocenters. The number of aliphatic hydroxyl groups is 1. The molecule has 0 fully saturated rings. The van der Waals surface area contributed by atoms with Crippen molar-refractivity contribution in [2.75, 3.05) is 30.4 Å². The van der Waals surface area contributed by atoms with Crippen molar-refractivity contribution < 1.29 is 5.11 Å². The summed E-state index contributed by atoms with van der Waals surface area (Å²) in [5.74, 6) is 1.37. The largest absolute Gasteiger partial charge is 0.392 e. The van der Waals surface area contributed by atoms with Crippen LogP contribution in [0, 0.1) is 0 Å². The van der Waals surface area contributed by atoms with Gasteiger partial charge in [0.1, 0.15) is 5.82 Å². The minimum Gasteiger partial charge on any atom is -0.392 e. The first kappa shape index (κ1) is 13.2.